The maximum atomic E-state index is 6.64. The average Bonchev–Trinajstić information content (AvgIpc) is 3.56. The molecule has 0 fully saturated rings. The second-order valence-corrected chi connectivity index (χ2v) is 11.3. The molecule has 218 valence electrons. The SMILES string of the molecule is C\C=C/C=C1\C(=C(CC)\N=C(/N=C(\N)c2ccccc2)c2ccccc2)C2(c3ccccc31)c1ccccc1-c1ccccc12. The van der Waals surface area contributed by atoms with E-state index in [1.165, 1.54) is 44.5 Å². The first-order chi connectivity index (χ1) is 22.2. The minimum absolute atomic E-state index is 0.435. The third-order valence-electron chi connectivity index (χ3n) is 8.87. The lowest BCUT2D eigenvalue weighted by molar-refractivity contribution is 0.773. The van der Waals surface area contributed by atoms with E-state index in [2.05, 4.69) is 117 Å². The number of amidine groups is 2. The van der Waals surface area contributed by atoms with Crippen LogP contribution in [-0.2, 0) is 5.41 Å². The average molecular weight is 582 g/mol. The molecule has 0 saturated carbocycles. The van der Waals surface area contributed by atoms with E-state index < -0.39 is 5.41 Å². The molecule has 0 aromatic heterocycles. The summed E-state index contributed by atoms with van der Waals surface area (Å²) in [6.07, 6.45) is 7.18. The van der Waals surface area contributed by atoms with Crippen LogP contribution in [0.25, 0.3) is 16.7 Å². The number of allylic oxidation sites excluding steroid dienone is 6. The van der Waals surface area contributed by atoms with Gasteiger partial charge in [-0.2, -0.15) is 0 Å². The molecule has 2 aliphatic rings. The molecule has 7 rings (SSSR count). The zero-order chi connectivity index (χ0) is 30.8. The lowest BCUT2D eigenvalue weighted by atomic mass is 9.69. The molecule has 0 bridgehead atoms. The molecule has 0 unspecified atom stereocenters. The molecule has 0 saturated heterocycles. The molecule has 1 spiro atoms. The van der Waals surface area contributed by atoms with Crippen molar-refractivity contribution < 1.29 is 0 Å². The van der Waals surface area contributed by atoms with Crippen LogP contribution in [0.5, 0.6) is 0 Å². The van der Waals surface area contributed by atoms with Crippen LogP contribution in [-0.4, -0.2) is 11.7 Å². The summed E-state index contributed by atoms with van der Waals surface area (Å²) in [4.78, 5) is 10.5. The highest BCUT2D eigenvalue weighted by Gasteiger charge is 2.54. The van der Waals surface area contributed by atoms with E-state index in [9.17, 15) is 0 Å². The van der Waals surface area contributed by atoms with E-state index in [1.54, 1.807) is 0 Å². The van der Waals surface area contributed by atoms with Gasteiger partial charge in [0.05, 0.1) is 5.41 Å². The van der Waals surface area contributed by atoms with Crippen LogP contribution in [0.1, 0.15) is 53.6 Å². The number of rotatable bonds is 5. The molecule has 0 amide bonds. The molecule has 3 nitrogen and oxygen atoms in total. The normalized spacial score (nSPS) is 17.1. The molecule has 0 atom stereocenters. The maximum Gasteiger partial charge on any atom is 0.161 e. The minimum atomic E-state index is -0.525. The van der Waals surface area contributed by atoms with Crippen LogP contribution in [0.4, 0.5) is 0 Å². The highest BCUT2D eigenvalue weighted by molar-refractivity contribution is 6.11. The van der Waals surface area contributed by atoms with Crippen molar-refractivity contribution in [2.24, 2.45) is 15.7 Å². The van der Waals surface area contributed by atoms with E-state index >= 15 is 0 Å². The topological polar surface area (TPSA) is 50.7 Å². The molecule has 45 heavy (non-hydrogen) atoms. The van der Waals surface area contributed by atoms with Crippen molar-refractivity contribution in [3.8, 4) is 11.1 Å². The summed E-state index contributed by atoms with van der Waals surface area (Å²) in [6, 6.07) is 46.6. The number of nitrogens with two attached hydrogens (primary N) is 1. The van der Waals surface area contributed by atoms with Crippen LogP contribution in [0, 0.1) is 0 Å². The highest BCUT2D eigenvalue weighted by Crippen LogP contribution is 2.64. The van der Waals surface area contributed by atoms with Gasteiger partial charge in [-0.1, -0.05) is 159 Å². The van der Waals surface area contributed by atoms with Crippen molar-refractivity contribution in [3.05, 3.63) is 196 Å². The largest absolute Gasteiger partial charge is 0.383 e. The maximum absolute atomic E-state index is 6.64. The van der Waals surface area contributed by atoms with Gasteiger partial charge in [0.25, 0.3) is 0 Å². The Kier molecular flexibility index (Phi) is 7.44. The molecule has 2 N–H and O–H groups in total. The number of hydrogen-bond donors (Lipinski definition) is 1. The molecule has 3 heteroatoms. The molecule has 0 aliphatic heterocycles. The molecule has 0 heterocycles. The van der Waals surface area contributed by atoms with Crippen molar-refractivity contribution in [3.63, 3.8) is 0 Å². The van der Waals surface area contributed by atoms with Crippen molar-refractivity contribution >= 4 is 17.2 Å². The Hall–Kier alpha value is -5.54. The second-order valence-electron chi connectivity index (χ2n) is 11.3. The minimum Gasteiger partial charge on any atom is -0.383 e. The number of benzene rings is 5. The number of nitrogens with zero attached hydrogens (tertiary/aromatic N) is 2. The van der Waals surface area contributed by atoms with Crippen LogP contribution in [0.15, 0.2) is 173 Å². The van der Waals surface area contributed by atoms with Gasteiger partial charge >= 0.3 is 0 Å². The van der Waals surface area contributed by atoms with Gasteiger partial charge in [0.2, 0.25) is 0 Å². The zero-order valence-electron chi connectivity index (χ0n) is 25.6. The Morgan fingerprint density at radius 1 is 0.622 bits per heavy atom. The van der Waals surface area contributed by atoms with Gasteiger partial charge in [0, 0.05) is 22.4 Å². The highest BCUT2D eigenvalue weighted by atomic mass is 15.0. The van der Waals surface area contributed by atoms with E-state index in [0.717, 1.165) is 16.8 Å². The molecular weight excluding hydrogens is 546 g/mol. The molecule has 5 aromatic carbocycles. The number of hydrogen-bond acceptors (Lipinski definition) is 1. The fraction of sp³-hybridized carbons (Fsp3) is 0.0952. The number of fused-ring (bicyclic) bond motifs is 7. The first kappa shape index (κ1) is 28.2. The fourth-order valence-corrected chi connectivity index (χ4v) is 7.02. The Morgan fingerprint density at radius 3 is 1.67 bits per heavy atom. The Balaban J connectivity index is 1.60. The summed E-state index contributed by atoms with van der Waals surface area (Å²) in [7, 11) is 0. The quantitative estimate of drug-likeness (QED) is 0.163. The third-order valence-corrected chi connectivity index (χ3v) is 8.87. The summed E-state index contributed by atoms with van der Waals surface area (Å²) in [6.45, 7) is 4.25. The molecule has 0 radical (unpaired) electrons. The second kappa shape index (κ2) is 11.9. The summed E-state index contributed by atoms with van der Waals surface area (Å²) in [5.41, 5.74) is 18.9. The van der Waals surface area contributed by atoms with E-state index in [1.807, 2.05) is 48.5 Å². The van der Waals surface area contributed by atoms with E-state index in [-0.39, 0.29) is 0 Å². The predicted molar refractivity (Wildman–Crippen MR) is 188 cm³/mol. The fourth-order valence-electron chi connectivity index (χ4n) is 7.02. The van der Waals surface area contributed by atoms with Crippen LogP contribution < -0.4 is 5.73 Å². The molecule has 5 aromatic rings. The van der Waals surface area contributed by atoms with E-state index in [4.69, 9.17) is 15.7 Å². The smallest absolute Gasteiger partial charge is 0.161 e. The molecular formula is C42H35N3. The van der Waals surface area contributed by atoms with Crippen molar-refractivity contribution in [1.82, 2.24) is 0 Å². The Bertz CT molecular complexity index is 2000. The van der Waals surface area contributed by atoms with Crippen molar-refractivity contribution in [2.45, 2.75) is 25.7 Å². The van der Waals surface area contributed by atoms with Crippen LogP contribution >= 0.6 is 0 Å². The Labute approximate surface area is 265 Å². The van der Waals surface area contributed by atoms with Crippen molar-refractivity contribution in [2.75, 3.05) is 0 Å². The van der Waals surface area contributed by atoms with Gasteiger partial charge in [-0.25, -0.2) is 9.98 Å². The summed E-state index contributed by atoms with van der Waals surface area (Å²) >= 11 is 0. The van der Waals surface area contributed by atoms with Crippen molar-refractivity contribution in [1.29, 1.82) is 0 Å². The van der Waals surface area contributed by atoms with Gasteiger partial charge in [0.15, 0.2) is 5.84 Å². The molecule has 2 aliphatic carbocycles. The summed E-state index contributed by atoms with van der Waals surface area (Å²) in [5, 5.41) is 0. The first-order valence-corrected chi connectivity index (χ1v) is 15.6. The van der Waals surface area contributed by atoms with E-state index in [0.29, 0.717) is 18.1 Å². The lowest BCUT2D eigenvalue weighted by Crippen LogP contribution is -2.27. The number of aliphatic imine (C=N–C) groups is 2. The standard InChI is InChI=1S/C42H35N3/c1-3-5-22-34-33-25-14-17-28-37(33)42(35-26-15-12-23-31(35)32-24-13-16-27-36(32)42)39(34)38(4-2)44-41(30-20-10-7-11-21-30)45-40(43)29-18-8-6-9-19-29/h3,5-28H,4H2,1-2H3,(H2,43,44,45)/b5-3-,34-22-,39-38-. The predicted octanol–water partition coefficient (Wildman–Crippen LogP) is 9.49. The van der Waals surface area contributed by atoms with Gasteiger partial charge < -0.3 is 5.73 Å². The lowest BCUT2D eigenvalue weighted by Gasteiger charge is -2.32. The summed E-state index contributed by atoms with van der Waals surface area (Å²) in [5.74, 6) is 1.03. The van der Waals surface area contributed by atoms with Crippen LogP contribution in [0.2, 0.25) is 0 Å². The van der Waals surface area contributed by atoms with Gasteiger partial charge in [-0.15, -0.1) is 0 Å². The van der Waals surface area contributed by atoms with Gasteiger partial charge in [-0.05, 0) is 52.3 Å². The van der Waals surface area contributed by atoms with Crippen LogP contribution in [0.3, 0.4) is 0 Å². The van der Waals surface area contributed by atoms with Gasteiger partial charge in [0.1, 0.15) is 5.84 Å². The monoisotopic (exact) mass is 581 g/mol. The zero-order valence-corrected chi connectivity index (χ0v) is 25.6. The summed E-state index contributed by atoms with van der Waals surface area (Å²) < 4.78 is 0. The van der Waals surface area contributed by atoms with Gasteiger partial charge in [-0.3, -0.25) is 0 Å². The first-order valence-electron chi connectivity index (χ1n) is 15.6. The Morgan fingerprint density at radius 2 is 1.11 bits per heavy atom. The third kappa shape index (κ3) is 4.60.